The van der Waals surface area contributed by atoms with Crippen LogP contribution in [-0.2, 0) is 0 Å². The molecule has 63 heavy (non-hydrogen) atoms. The summed E-state index contributed by atoms with van der Waals surface area (Å²) in [6.45, 7) is 0. The molecular formula is C60H38N2O. The van der Waals surface area contributed by atoms with Gasteiger partial charge in [-0.1, -0.05) is 152 Å². The number of hydrogen-bond acceptors (Lipinski definition) is 2. The van der Waals surface area contributed by atoms with Crippen LogP contribution in [0.3, 0.4) is 0 Å². The van der Waals surface area contributed by atoms with E-state index in [1.807, 2.05) is 0 Å². The predicted octanol–water partition coefficient (Wildman–Crippen LogP) is 16.9. The monoisotopic (exact) mass is 802 g/mol. The zero-order chi connectivity index (χ0) is 41.4. The first-order valence-corrected chi connectivity index (χ1v) is 21.6. The third-order valence-corrected chi connectivity index (χ3v) is 12.9. The van der Waals surface area contributed by atoms with Crippen LogP contribution >= 0.6 is 0 Å². The maximum atomic E-state index is 6.49. The van der Waals surface area contributed by atoms with Gasteiger partial charge < -0.3 is 13.9 Å². The second-order valence-electron chi connectivity index (χ2n) is 16.5. The fourth-order valence-corrected chi connectivity index (χ4v) is 9.91. The molecule has 0 aliphatic rings. The molecule has 2 heterocycles. The first-order valence-electron chi connectivity index (χ1n) is 21.6. The molecule has 3 nitrogen and oxygen atoms in total. The Labute approximate surface area is 363 Å². The van der Waals surface area contributed by atoms with Crippen molar-refractivity contribution in [3.05, 3.63) is 231 Å². The summed E-state index contributed by atoms with van der Waals surface area (Å²) < 4.78 is 8.88. The third-order valence-electron chi connectivity index (χ3n) is 12.9. The van der Waals surface area contributed by atoms with Crippen molar-refractivity contribution >= 4 is 93.1 Å². The zero-order valence-corrected chi connectivity index (χ0v) is 34.2. The van der Waals surface area contributed by atoms with E-state index in [-0.39, 0.29) is 0 Å². The maximum Gasteiger partial charge on any atom is 0.143 e. The summed E-state index contributed by atoms with van der Waals surface area (Å²) in [4.78, 5) is 2.39. The molecule has 13 aromatic rings. The van der Waals surface area contributed by atoms with Crippen molar-refractivity contribution < 1.29 is 4.42 Å². The Bertz CT molecular complexity index is 3870. The van der Waals surface area contributed by atoms with Crippen LogP contribution in [0.1, 0.15) is 0 Å². The molecule has 0 aliphatic carbocycles. The fraction of sp³-hybridized carbons (Fsp3) is 0. The van der Waals surface area contributed by atoms with Gasteiger partial charge in [0.25, 0.3) is 0 Å². The molecular weight excluding hydrogens is 765 g/mol. The van der Waals surface area contributed by atoms with E-state index in [4.69, 9.17) is 4.42 Å². The number of nitrogens with zero attached hydrogens (tertiary/aromatic N) is 2. The van der Waals surface area contributed by atoms with Gasteiger partial charge in [-0.2, -0.15) is 0 Å². The van der Waals surface area contributed by atoms with Gasteiger partial charge in [-0.15, -0.1) is 0 Å². The van der Waals surface area contributed by atoms with E-state index in [9.17, 15) is 0 Å². The van der Waals surface area contributed by atoms with Crippen molar-refractivity contribution in [1.82, 2.24) is 4.57 Å². The van der Waals surface area contributed by atoms with Gasteiger partial charge in [0.2, 0.25) is 0 Å². The lowest BCUT2D eigenvalue weighted by Gasteiger charge is -2.27. The minimum Gasteiger partial charge on any atom is -0.455 e. The van der Waals surface area contributed by atoms with E-state index >= 15 is 0 Å². The topological polar surface area (TPSA) is 21.3 Å². The summed E-state index contributed by atoms with van der Waals surface area (Å²) in [5, 5.41) is 12.0. The number of para-hydroxylation sites is 2. The zero-order valence-electron chi connectivity index (χ0n) is 34.2. The van der Waals surface area contributed by atoms with Gasteiger partial charge in [0.05, 0.1) is 11.0 Å². The number of anilines is 3. The van der Waals surface area contributed by atoms with Crippen LogP contribution < -0.4 is 4.90 Å². The summed E-state index contributed by atoms with van der Waals surface area (Å²) in [5.41, 5.74) is 13.3. The number of furan rings is 1. The van der Waals surface area contributed by atoms with Gasteiger partial charge in [0.15, 0.2) is 0 Å². The summed E-state index contributed by atoms with van der Waals surface area (Å²) in [6.07, 6.45) is 0. The highest BCUT2D eigenvalue weighted by molar-refractivity contribution is 6.16. The summed E-state index contributed by atoms with van der Waals surface area (Å²) in [7, 11) is 0. The van der Waals surface area contributed by atoms with Gasteiger partial charge in [-0.25, -0.2) is 0 Å². The van der Waals surface area contributed by atoms with E-state index in [1.54, 1.807) is 0 Å². The highest BCUT2D eigenvalue weighted by Crippen LogP contribution is 2.42. The molecule has 0 atom stereocenters. The molecule has 0 spiro atoms. The van der Waals surface area contributed by atoms with Crippen molar-refractivity contribution in [1.29, 1.82) is 0 Å². The van der Waals surface area contributed by atoms with Crippen molar-refractivity contribution in [2.75, 3.05) is 4.90 Å². The van der Waals surface area contributed by atoms with Gasteiger partial charge >= 0.3 is 0 Å². The molecule has 0 amide bonds. The molecule has 11 aromatic carbocycles. The Morgan fingerprint density at radius 2 is 0.857 bits per heavy atom. The van der Waals surface area contributed by atoms with Crippen molar-refractivity contribution in [3.8, 4) is 27.9 Å². The minimum absolute atomic E-state index is 0.895. The van der Waals surface area contributed by atoms with Crippen molar-refractivity contribution in [3.63, 3.8) is 0 Å². The van der Waals surface area contributed by atoms with Crippen LogP contribution in [0.5, 0.6) is 0 Å². The quantitative estimate of drug-likeness (QED) is 0.156. The van der Waals surface area contributed by atoms with Crippen LogP contribution in [0.4, 0.5) is 17.1 Å². The number of aromatic nitrogens is 1. The highest BCUT2D eigenvalue weighted by Gasteiger charge is 2.18. The summed E-state index contributed by atoms with van der Waals surface area (Å²) >= 11 is 0. The Balaban J connectivity index is 0.931. The summed E-state index contributed by atoms with van der Waals surface area (Å²) in [6, 6.07) is 83.6. The van der Waals surface area contributed by atoms with E-state index in [1.165, 1.54) is 54.3 Å². The van der Waals surface area contributed by atoms with Gasteiger partial charge in [-0.3, -0.25) is 0 Å². The first-order chi connectivity index (χ1) is 31.2. The Hall–Kier alpha value is -8.40. The number of fused-ring (bicyclic) bond motifs is 11. The summed E-state index contributed by atoms with van der Waals surface area (Å²) in [5.74, 6) is 0. The number of rotatable bonds is 6. The first kappa shape index (κ1) is 35.4. The normalized spacial score (nSPS) is 11.8. The van der Waals surface area contributed by atoms with E-state index in [0.29, 0.717) is 0 Å². The number of hydrogen-bond donors (Lipinski definition) is 0. The van der Waals surface area contributed by atoms with E-state index in [0.717, 1.165) is 66.8 Å². The van der Waals surface area contributed by atoms with Crippen molar-refractivity contribution in [2.24, 2.45) is 0 Å². The fourth-order valence-electron chi connectivity index (χ4n) is 9.91. The molecule has 13 rings (SSSR count). The molecule has 0 N–H and O–H groups in total. The van der Waals surface area contributed by atoms with Crippen LogP contribution in [0, 0.1) is 0 Å². The SMILES string of the molecule is c1cc(-c2ccc3oc4c5ccccc5ccc4c3c2)cc(N(c2ccc(-c3cccc(-n4c5ccccc5c5ccccc54)c3)cc2)c2ccc3ccc4ccccc4c3c2)c1. The van der Waals surface area contributed by atoms with E-state index < -0.39 is 0 Å². The minimum atomic E-state index is 0.895. The lowest BCUT2D eigenvalue weighted by molar-refractivity contribution is 0.672. The average molecular weight is 803 g/mol. The molecule has 0 aliphatic heterocycles. The lowest BCUT2D eigenvalue weighted by atomic mass is 9.99. The van der Waals surface area contributed by atoms with Crippen LogP contribution in [-0.4, -0.2) is 4.57 Å². The van der Waals surface area contributed by atoms with Gasteiger partial charge in [0.1, 0.15) is 11.2 Å². The molecule has 0 saturated heterocycles. The Morgan fingerprint density at radius 1 is 0.302 bits per heavy atom. The Kier molecular flexibility index (Phi) is 7.91. The second-order valence-corrected chi connectivity index (χ2v) is 16.5. The Morgan fingerprint density at radius 3 is 1.63 bits per heavy atom. The van der Waals surface area contributed by atoms with Crippen molar-refractivity contribution in [2.45, 2.75) is 0 Å². The molecule has 0 bridgehead atoms. The molecule has 0 unspecified atom stereocenters. The number of benzene rings is 11. The van der Waals surface area contributed by atoms with Crippen LogP contribution in [0.15, 0.2) is 235 Å². The second kappa shape index (κ2) is 14.1. The molecule has 0 fully saturated rings. The molecule has 0 radical (unpaired) electrons. The maximum absolute atomic E-state index is 6.49. The van der Waals surface area contributed by atoms with E-state index in [2.05, 4.69) is 240 Å². The molecule has 0 saturated carbocycles. The molecule has 294 valence electrons. The van der Waals surface area contributed by atoms with Gasteiger partial charge in [0, 0.05) is 49.7 Å². The smallest absolute Gasteiger partial charge is 0.143 e. The van der Waals surface area contributed by atoms with Crippen LogP contribution in [0.25, 0.3) is 104 Å². The lowest BCUT2D eigenvalue weighted by Crippen LogP contribution is -2.10. The average Bonchev–Trinajstić information content (AvgIpc) is 3.90. The largest absolute Gasteiger partial charge is 0.455 e. The van der Waals surface area contributed by atoms with Crippen LogP contribution in [0.2, 0.25) is 0 Å². The van der Waals surface area contributed by atoms with Gasteiger partial charge in [-0.05, 0) is 128 Å². The predicted molar refractivity (Wildman–Crippen MR) is 266 cm³/mol. The molecule has 3 heteroatoms. The standard InChI is InChI=1S/C60H38N2O/c1-3-17-50-40(11-1)23-24-42-27-32-49(38-55(42)50)61(47-15-10-14-44(36-47)45-29-34-59-56(37-45)54-33-28-41-12-2-4-18-51(41)60(54)63-59)46-30-25-39(26-31-46)43-13-9-16-48(35-43)62-57-21-7-5-19-52(57)53-20-6-8-22-58(53)62/h1-38H. The third kappa shape index (κ3) is 5.75. The molecule has 2 aromatic heterocycles. The highest BCUT2D eigenvalue weighted by atomic mass is 16.3.